The Morgan fingerprint density at radius 3 is 2.58 bits per heavy atom. The number of sulfonamides is 1. The first kappa shape index (κ1) is 20.7. The lowest BCUT2D eigenvalue weighted by Crippen LogP contribution is -2.54. The van der Waals surface area contributed by atoms with Crippen molar-refractivity contribution in [1.29, 1.82) is 0 Å². The van der Waals surface area contributed by atoms with Crippen LogP contribution < -0.4 is 15.4 Å². The smallest absolute Gasteiger partial charge is 0.350 e. The summed E-state index contributed by atoms with van der Waals surface area (Å²) in [6.45, 7) is 4.66. The topological polar surface area (TPSA) is 87.3 Å². The Hall–Kier alpha value is -1.65. The molecule has 146 valence electrons. The van der Waals surface area contributed by atoms with Crippen LogP contribution in [-0.2, 0) is 21.0 Å². The third-order valence-electron chi connectivity index (χ3n) is 4.36. The van der Waals surface area contributed by atoms with Gasteiger partial charge < -0.3 is 10.6 Å². The van der Waals surface area contributed by atoms with Gasteiger partial charge in [0.05, 0.1) is 16.5 Å². The Kier molecular flexibility index (Phi) is 6.30. The monoisotopic (exact) mass is 393 g/mol. The summed E-state index contributed by atoms with van der Waals surface area (Å²) in [5.74, 6) is -0.367. The molecule has 2 rings (SSSR count). The van der Waals surface area contributed by atoms with E-state index in [1.54, 1.807) is 0 Å². The Labute approximate surface area is 150 Å². The highest BCUT2D eigenvalue weighted by molar-refractivity contribution is 7.89. The molecule has 0 aliphatic carbocycles. The van der Waals surface area contributed by atoms with E-state index in [1.165, 1.54) is 13.0 Å². The maximum atomic E-state index is 13.0. The van der Waals surface area contributed by atoms with E-state index in [1.807, 2.05) is 11.6 Å². The van der Waals surface area contributed by atoms with Gasteiger partial charge in [0.1, 0.15) is 0 Å². The van der Waals surface area contributed by atoms with Gasteiger partial charge in [0.25, 0.3) is 0 Å². The van der Waals surface area contributed by atoms with Crippen molar-refractivity contribution in [3.05, 3.63) is 29.8 Å². The summed E-state index contributed by atoms with van der Waals surface area (Å²) in [4.78, 5) is 11.4. The van der Waals surface area contributed by atoms with Crippen LogP contribution in [0.1, 0.15) is 25.8 Å². The van der Waals surface area contributed by atoms with Crippen molar-refractivity contribution in [3.63, 3.8) is 0 Å². The van der Waals surface area contributed by atoms with Gasteiger partial charge >= 0.3 is 6.18 Å². The van der Waals surface area contributed by atoms with Crippen LogP contribution in [0, 0.1) is 5.92 Å². The van der Waals surface area contributed by atoms with Gasteiger partial charge in [0, 0.05) is 12.6 Å². The van der Waals surface area contributed by atoms with Crippen molar-refractivity contribution in [1.82, 2.24) is 15.4 Å². The molecule has 10 heteroatoms. The number of alkyl halides is 3. The molecule has 1 aliphatic heterocycles. The van der Waals surface area contributed by atoms with Gasteiger partial charge in [-0.05, 0) is 37.9 Å². The molecule has 1 amide bonds. The number of rotatable bonds is 5. The van der Waals surface area contributed by atoms with Crippen LogP contribution in [0.5, 0.6) is 0 Å². The molecule has 1 aromatic rings. The molecule has 1 aliphatic rings. The standard InChI is InChI=1S/C16H22F3N3O3S/c1-10-7-8-20-9-13(10)21-15(23)11(2)22-26(24,25)14-6-4-3-5-12(14)16(17,18)19/h3-6,10-11,13,20,22H,7-9H2,1-2H3,(H,21,23). The molecule has 0 spiro atoms. The lowest BCUT2D eigenvalue weighted by Gasteiger charge is -2.31. The van der Waals surface area contributed by atoms with Crippen LogP contribution in [-0.4, -0.2) is 39.5 Å². The van der Waals surface area contributed by atoms with Crippen molar-refractivity contribution >= 4 is 15.9 Å². The molecule has 6 nitrogen and oxygen atoms in total. The molecule has 3 N–H and O–H groups in total. The predicted molar refractivity (Wildman–Crippen MR) is 89.8 cm³/mol. The number of hydrogen-bond donors (Lipinski definition) is 3. The van der Waals surface area contributed by atoms with Gasteiger partial charge in [-0.2, -0.15) is 17.9 Å². The van der Waals surface area contributed by atoms with Gasteiger partial charge in [-0.3, -0.25) is 4.79 Å². The first-order chi connectivity index (χ1) is 12.0. The van der Waals surface area contributed by atoms with Crippen LogP contribution in [0.25, 0.3) is 0 Å². The Morgan fingerprint density at radius 2 is 1.96 bits per heavy atom. The van der Waals surface area contributed by atoms with Crippen LogP contribution >= 0.6 is 0 Å². The third-order valence-corrected chi connectivity index (χ3v) is 5.96. The molecule has 3 atom stereocenters. The SMILES string of the molecule is CC(NS(=O)(=O)c1ccccc1C(F)(F)F)C(=O)NC1CNCCC1C. The Balaban J connectivity index is 2.13. The summed E-state index contributed by atoms with van der Waals surface area (Å²) < 4.78 is 65.9. The van der Waals surface area contributed by atoms with E-state index in [0.717, 1.165) is 25.1 Å². The fraction of sp³-hybridized carbons (Fsp3) is 0.562. The average molecular weight is 393 g/mol. The molecule has 0 saturated carbocycles. The minimum Gasteiger partial charge on any atom is -0.350 e. The second-order valence-electron chi connectivity index (χ2n) is 6.42. The first-order valence-electron chi connectivity index (χ1n) is 8.22. The number of halogens is 3. The van der Waals surface area contributed by atoms with Gasteiger partial charge in [-0.25, -0.2) is 8.42 Å². The lowest BCUT2D eigenvalue weighted by atomic mass is 9.94. The highest BCUT2D eigenvalue weighted by atomic mass is 32.2. The summed E-state index contributed by atoms with van der Waals surface area (Å²) >= 11 is 0. The zero-order valence-electron chi connectivity index (χ0n) is 14.4. The van der Waals surface area contributed by atoms with Crippen LogP contribution in [0.15, 0.2) is 29.2 Å². The molecular weight excluding hydrogens is 371 g/mol. The van der Waals surface area contributed by atoms with Gasteiger partial charge in [0.2, 0.25) is 15.9 Å². The molecule has 3 unspecified atom stereocenters. The highest BCUT2D eigenvalue weighted by Gasteiger charge is 2.37. The maximum Gasteiger partial charge on any atom is 0.417 e. The minimum atomic E-state index is -4.82. The van der Waals surface area contributed by atoms with E-state index >= 15 is 0 Å². The predicted octanol–water partition coefficient (Wildman–Crippen LogP) is 1.49. The van der Waals surface area contributed by atoms with Crippen molar-refractivity contribution in [3.8, 4) is 0 Å². The number of piperidine rings is 1. The zero-order valence-corrected chi connectivity index (χ0v) is 15.2. The fourth-order valence-electron chi connectivity index (χ4n) is 2.78. The summed E-state index contributed by atoms with van der Waals surface area (Å²) in [6, 6.07) is 2.48. The number of hydrogen-bond acceptors (Lipinski definition) is 4. The van der Waals surface area contributed by atoms with Crippen LogP contribution in [0.4, 0.5) is 13.2 Å². The minimum absolute atomic E-state index is 0.161. The summed E-state index contributed by atoms with van der Waals surface area (Å²) in [5, 5.41) is 5.87. The van der Waals surface area contributed by atoms with Crippen LogP contribution in [0.2, 0.25) is 0 Å². The molecular formula is C16H22F3N3O3S. The summed E-state index contributed by atoms with van der Waals surface area (Å²) in [5.41, 5.74) is -1.27. The quantitative estimate of drug-likeness (QED) is 0.707. The normalized spacial score (nSPS) is 22.7. The molecule has 1 fully saturated rings. The molecule has 26 heavy (non-hydrogen) atoms. The molecule has 0 aromatic heterocycles. The highest BCUT2D eigenvalue weighted by Crippen LogP contribution is 2.33. The first-order valence-corrected chi connectivity index (χ1v) is 9.70. The van der Waals surface area contributed by atoms with Gasteiger partial charge in [-0.15, -0.1) is 0 Å². The lowest BCUT2D eigenvalue weighted by molar-refractivity contribution is -0.139. The molecule has 0 radical (unpaired) electrons. The molecule has 1 aromatic carbocycles. The number of carbonyl (C=O) groups is 1. The van der Waals surface area contributed by atoms with E-state index in [0.29, 0.717) is 12.6 Å². The Morgan fingerprint density at radius 1 is 1.31 bits per heavy atom. The maximum absolute atomic E-state index is 13.0. The molecule has 1 saturated heterocycles. The second-order valence-corrected chi connectivity index (χ2v) is 8.10. The van der Waals surface area contributed by atoms with Crippen molar-refractivity contribution in [2.75, 3.05) is 13.1 Å². The van der Waals surface area contributed by atoms with Crippen molar-refractivity contribution in [2.45, 2.75) is 43.4 Å². The van der Waals surface area contributed by atoms with E-state index in [9.17, 15) is 26.4 Å². The average Bonchev–Trinajstić information content (AvgIpc) is 2.55. The van der Waals surface area contributed by atoms with Crippen molar-refractivity contribution in [2.24, 2.45) is 5.92 Å². The number of carbonyl (C=O) groups excluding carboxylic acids is 1. The van der Waals surface area contributed by atoms with Crippen molar-refractivity contribution < 1.29 is 26.4 Å². The number of amides is 1. The largest absolute Gasteiger partial charge is 0.417 e. The second kappa shape index (κ2) is 7.93. The van der Waals surface area contributed by atoms with E-state index in [4.69, 9.17) is 0 Å². The van der Waals surface area contributed by atoms with E-state index in [-0.39, 0.29) is 12.0 Å². The van der Waals surface area contributed by atoms with Crippen LogP contribution in [0.3, 0.4) is 0 Å². The van der Waals surface area contributed by atoms with Gasteiger partial charge in [-0.1, -0.05) is 19.1 Å². The Bertz CT molecular complexity index is 753. The number of nitrogens with one attached hydrogen (secondary N) is 3. The third kappa shape index (κ3) is 4.95. The molecule has 0 bridgehead atoms. The van der Waals surface area contributed by atoms with E-state index in [2.05, 4.69) is 10.6 Å². The fourth-order valence-corrected chi connectivity index (χ4v) is 4.21. The summed E-state index contributed by atoms with van der Waals surface area (Å²) in [6.07, 6.45) is -3.95. The summed E-state index contributed by atoms with van der Waals surface area (Å²) in [7, 11) is -4.52. The van der Waals surface area contributed by atoms with Gasteiger partial charge in [0.15, 0.2) is 0 Å². The number of benzene rings is 1. The molecule has 1 heterocycles. The van der Waals surface area contributed by atoms with E-state index < -0.39 is 38.6 Å². The zero-order chi connectivity index (χ0) is 19.5.